The van der Waals surface area contributed by atoms with Crippen molar-refractivity contribution in [3.05, 3.63) is 78.1 Å². The van der Waals surface area contributed by atoms with Gasteiger partial charge in [-0.3, -0.25) is 14.4 Å². The van der Waals surface area contributed by atoms with Crippen molar-refractivity contribution in [2.75, 3.05) is 43.1 Å². The number of unbranched alkanes of at least 4 members (excludes halogenated alkanes) is 2. The highest BCUT2D eigenvalue weighted by atomic mass is 32.2. The summed E-state index contributed by atoms with van der Waals surface area (Å²) >= 11 is 0. The van der Waals surface area contributed by atoms with Crippen LogP contribution in [0.4, 0.5) is 21.5 Å². The van der Waals surface area contributed by atoms with Crippen LogP contribution in [0.5, 0.6) is 5.75 Å². The number of benzene rings is 3. The quantitative estimate of drug-likeness (QED) is 0.141. The summed E-state index contributed by atoms with van der Waals surface area (Å²) in [7, 11) is -2.63. The van der Waals surface area contributed by atoms with Crippen LogP contribution >= 0.6 is 0 Å². The van der Waals surface area contributed by atoms with E-state index in [1.54, 1.807) is 49.4 Å². The Labute approximate surface area is 286 Å². The number of amides is 3. The largest absolute Gasteiger partial charge is 0.486 e. The van der Waals surface area contributed by atoms with E-state index in [4.69, 9.17) is 10.5 Å². The predicted octanol–water partition coefficient (Wildman–Crippen LogP) is 4.48. The fourth-order valence-electron chi connectivity index (χ4n) is 5.48. The highest BCUT2D eigenvalue weighted by Crippen LogP contribution is 2.35. The molecule has 5 N–H and O–H groups in total. The molecule has 12 nitrogen and oxygen atoms in total. The normalized spacial score (nSPS) is 17.0. The molecule has 0 saturated carbocycles. The number of anilines is 3. The van der Waals surface area contributed by atoms with Crippen molar-refractivity contribution in [2.45, 2.75) is 63.0 Å². The number of nitrogens with zero attached hydrogens (tertiary/aromatic N) is 2. The summed E-state index contributed by atoms with van der Waals surface area (Å²) in [5.41, 5.74) is 7.31. The molecule has 14 heteroatoms. The number of halogens is 1. The molecule has 4 rings (SSSR count). The van der Waals surface area contributed by atoms with Gasteiger partial charge in [0.2, 0.25) is 21.8 Å². The number of nitrogens with two attached hydrogens (primary N) is 1. The molecule has 0 radical (unpaired) electrons. The number of nitrogens with one attached hydrogen (secondary N) is 2. The van der Waals surface area contributed by atoms with E-state index < -0.39 is 39.8 Å². The van der Waals surface area contributed by atoms with Gasteiger partial charge in [-0.15, -0.1) is 0 Å². The molecule has 1 heterocycles. The predicted molar refractivity (Wildman–Crippen MR) is 185 cm³/mol. The van der Waals surface area contributed by atoms with Crippen molar-refractivity contribution in [1.29, 1.82) is 0 Å². The van der Waals surface area contributed by atoms with Gasteiger partial charge in [0.1, 0.15) is 11.9 Å². The van der Waals surface area contributed by atoms with Crippen LogP contribution < -0.4 is 21.1 Å². The number of fused-ring (bicyclic) bond motifs is 1. The van der Waals surface area contributed by atoms with E-state index in [1.165, 1.54) is 24.1 Å². The molecule has 0 aliphatic carbocycles. The molecule has 0 unspecified atom stereocenters. The van der Waals surface area contributed by atoms with Gasteiger partial charge in [-0.05, 0) is 68.3 Å². The molecule has 264 valence electrons. The van der Waals surface area contributed by atoms with Crippen LogP contribution in [-0.2, 0) is 19.6 Å². The van der Waals surface area contributed by atoms with Crippen LogP contribution in [0.25, 0.3) is 0 Å². The number of hydrogen-bond donors (Lipinski definition) is 4. The molecule has 0 bridgehead atoms. The van der Waals surface area contributed by atoms with Gasteiger partial charge in [-0.25, -0.2) is 12.8 Å². The maximum absolute atomic E-state index is 13.8. The Bertz CT molecular complexity index is 1740. The summed E-state index contributed by atoms with van der Waals surface area (Å²) in [6.45, 7) is 3.27. The second kappa shape index (κ2) is 16.7. The SMILES string of the molecule is C[C@H](CO)N1C[C@H](C)[C@@H](CN(C)S(=O)(=O)c2ccc(F)cc2)Oc2c(NC(=O)CCCCCC(=O)Nc3ccccc3N)cccc2C1=O. The first-order valence-electron chi connectivity index (χ1n) is 16.2. The number of ether oxygens (including phenoxy) is 1. The Morgan fingerprint density at radius 2 is 1.61 bits per heavy atom. The smallest absolute Gasteiger partial charge is 0.258 e. The van der Waals surface area contributed by atoms with Crippen LogP contribution in [0, 0.1) is 11.7 Å². The zero-order valence-corrected chi connectivity index (χ0v) is 28.7. The Morgan fingerprint density at radius 3 is 2.24 bits per heavy atom. The lowest BCUT2D eigenvalue weighted by molar-refractivity contribution is -0.116. The summed E-state index contributed by atoms with van der Waals surface area (Å²) in [4.78, 5) is 40.5. The van der Waals surface area contributed by atoms with E-state index in [9.17, 15) is 32.3 Å². The van der Waals surface area contributed by atoms with Crippen LogP contribution in [-0.4, -0.2) is 79.3 Å². The maximum atomic E-state index is 13.8. The van der Waals surface area contributed by atoms with E-state index >= 15 is 0 Å². The third-order valence-corrected chi connectivity index (χ3v) is 10.3. The van der Waals surface area contributed by atoms with Gasteiger partial charge >= 0.3 is 0 Å². The van der Waals surface area contributed by atoms with Gasteiger partial charge in [-0.2, -0.15) is 4.31 Å². The van der Waals surface area contributed by atoms with Gasteiger partial charge in [0.05, 0.1) is 46.7 Å². The number of rotatable bonds is 14. The van der Waals surface area contributed by atoms with Gasteiger partial charge in [0.25, 0.3) is 5.91 Å². The number of carbonyl (C=O) groups excluding carboxylic acids is 3. The zero-order valence-electron chi connectivity index (χ0n) is 27.9. The third-order valence-electron chi connectivity index (χ3n) is 8.47. The van der Waals surface area contributed by atoms with Gasteiger partial charge in [0.15, 0.2) is 5.75 Å². The van der Waals surface area contributed by atoms with E-state index in [0.29, 0.717) is 30.6 Å². The summed E-state index contributed by atoms with van der Waals surface area (Å²) in [5.74, 6) is -1.77. The number of hydrogen-bond acceptors (Lipinski definition) is 8. The number of sulfonamides is 1. The van der Waals surface area contributed by atoms with E-state index in [2.05, 4.69) is 10.6 Å². The maximum Gasteiger partial charge on any atom is 0.258 e. The summed E-state index contributed by atoms with van der Waals surface area (Å²) in [5, 5.41) is 15.6. The van der Waals surface area contributed by atoms with Crippen molar-refractivity contribution in [3.8, 4) is 5.75 Å². The van der Waals surface area contributed by atoms with Gasteiger partial charge < -0.3 is 31.1 Å². The second-order valence-corrected chi connectivity index (χ2v) is 14.3. The molecule has 3 amide bonds. The minimum atomic E-state index is -4.02. The molecular formula is C35H44FN5O7S. The monoisotopic (exact) mass is 697 g/mol. The first-order chi connectivity index (χ1) is 23.3. The summed E-state index contributed by atoms with van der Waals surface area (Å²) < 4.78 is 47.7. The Kier molecular flexibility index (Phi) is 12.7. The Morgan fingerprint density at radius 1 is 1.00 bits per heavy atom. The molecule has 0 fully saturated rings. The third kappa shape index (κ3) is 9.55. The number of aliphatic hydroxyl groups excluding tert-OH is 1. The summed E-state index contributed by atoms with van der Waals surface area (Å²) in [6, 6.07) is 15.7. The summed E-state index contributed by atoms with van der Waals surface area (Å²) in [6.07, 6.45) is 1.33. The van der Waals surface area contributed by atoms with Crippen molar-refractivity contribution in [1.82, 2.24) is 9.21 Å². The standard InChI is InChI=1S/C35H44FN5O7S/c1-23-20-41(24(2)22-42)35(45)27-10-9-13-30(34(27)48-31(23)21-40(3)49(46,47)26-18-16-25(36)17-19-26)39-33(44)15-6-4-5-14-32(43)38-29-12-8-7-11-28(29)37/h7-13,16-19,23-24,31,42H,4-6,14-15,20-22,37H2,1-3H3,(H,38,43)(H,39,44)/t23-,24+,31+/m0/s1. The van der Waals surface area contributed by atoms with E-state index in [0.717, 1.165) is 16.4 Å². The number of likely N-dealkylation sites (N-methyl/N-ethyl adjacent to an activating group) is 1. The molecule has 3 aromatic carbocycles. The number of para-hydroxylation sites is 3. The fraction of sp³-hybridized carbons (Fsp3) is 0.400. The van der Waals surface area contributed by atoms with Gasteiger partial charge in [0, 0.05) is 32.4 Å². The first kappa shape index (κ1) is 37.3. The molecule has 1 aliphatic rings. The number of carbonyl (C=O) groups is 3. The van der Waals surface area contributed by atoms with E-state index in [1.807, 2.05) is 6.92 Å². The second-order valence-electron chi connectivity index (χ2n) is 12.3. The average Bonchev–Trinajstić information content (AvgIpc) is 3.07. The van der Waals surface area contributed by atoms with Crippen molar-refractivity contribution >= 4 is 44.8 Å². The average molecular weight is 698 g/mol. The van der Waals surface area contributed by atoms with Crippen LogP contribution in [0.1, 0.15) is 56.3 Å². The molecule has 0 saturated heterocycles. The van der Waals surface area contributed by atoms with Crippen molar-refractivity contribution in [2.24, 2.45) is 5.92 Å². The van der Waals surface area contributed by atoms with Crippen molar-refractivity contribution in [3.63, 3.8) is 0 Å². The fourth-order valence-corrected chi connectivity index (χ4v) is 6.66. The highest BCUT2D eigenvalue weighted by molar-refractivity contribution is 7.89. The topological polar surface area (TPSA) is 171 Å². The minimum Gasteiger partial charge on any atom is -0.486 e. The lowest BCUT2D eigenvalue weighted by atomic mass is 9.99. The molecular weight excluding hydrogens is 653 g/mol. The minimum absolute atomic E-state index is 0.0875. The van der Waals surface area contributed by atoms with Gasteiger partial charge in [-0.1, -0.05) is 31.5 Å². The Hall–Kier alpha value is -4.53. The lowest BCUT2D eigenvalue weighted by Gasteiger charge is -2.38. The van der Waals surface area contributed by atoms with Crippen LogP contribution in [0.3, 0.4) is 0 Å². The molecule has 1 aliphatic heterocycles. The number of aliphatic hydroxyl groups is 1. The molecule has 3 atom stereocenters. The molecule has 49 heavy (non-hydrogen) atoms. The van der Waals surface area contributed by atoms with Crippen LogP contribution in [0.2, 0.25) is 0 Å². The number of nitrogen functional groups attached to an aromatic ring is 1. The Balaban J connectivity index is 1.46. The molecule has 0 spiro atoms. The van der Waals surface area contributed by atoms with Crippen LogP contribution in [0.15, 0.2) is 71.6 Å². The molecule has 3 aromatic rings. The van der Waals surface area contributed by atoms with Crippen molar-refractivity contribution < 1.29 is 37.0 Å². The first-order valence-corrected chi connectivity index (χ1v) is 17.6. The molecule has 0 aromatic heterocycles. The lowest BCUT2D eigenvalue weighted by Crippen LogP contribution is -2.50. The highest BCUT2D eigenvalue weighted by Gasteiger charge is 2.36. The zero-order chi connectivity index (χ0) is 35.7. The van der Waals surface area contributed by atoms with E-state index in [-0.39, 0.29) is 66.2 Å².